The summed E-state index contributed by atoms with van der Waals surface area (Å²) in [6.45, 7) is 6.36. The minimum absolute atomic E-state index is 1.09. The van der Waals surface area contributed by atoms with Crippen molar-refractivity contribution in [3.63, 3.8) is 0 Å². The van der Waals surface area contributed by atoms with Crippen molar-refractivity contribution in [2.75, 3.05) is 0 Å². The summed E-state index contributed by atoms with van der Waals surface area (Å²) in [6.07, 6.45) is 15.3. The number of rotatable bonds is 12. The van der Waals surface area contributed by atoms with Crippen LogP contribution in [0.3, 0.4) is 0 Å². The van der Waals surface area contributed by atoms with Crippen molar-refractivity contribution in [2.45, 2.75) is 96.7 Å². The van der Waals surface area contributed by atoms with Gasteiger partial charge in [0.25, 0.3) is 0 Å². The summed E-state index contributed by atoms with van der Waals surface area (Å²) < 4.78 is 0. The average molecular weight is 259 g/mol. The van der Waals surface area contributed by atoms with E-state index >= 15 is 0 Å². The van der Waals surface area contributed by atoms with Gasteiger partial charge in [-0.15, -0.1) is 0 Å². The molecule has 17 heavy (non-hydrogen) atoms. The van der Waals surface area contributed by atoms with Crippen LogP contribution in [0.4, 0.5) is 0 Å². The Morgan fingerprint density at radius 3 is 1.35 bits per heavy atom. The van der Waals surface area contributed by atoms with E-state index in [9.17, 15) is 4.80 Å². The molecule has 0 aliphatic carbocycles. The van der Waals surface area contributed by atoms with Gasteiger partial charge < -0.3 is 4.80 Å². The van der Waals surface area contributed by atoms with Crippen LogP contribution in [-0.2, 0) is 0 Å². The van der Waals surface area contributed by atoms with Gasteiger partial charge in [-0.3, -0.25) is 0 Å². The highest BCUT2D eigenvalue weighted by Crippen LogP contribution is 2.14. The first-order valence-corrected chi connectivity index (χ1v) is 10.9. The third-order valence-electron chi connectivity index (χ3n) is 3.39. The van der Waals surface area contributed by atoms with Crippen molar-refractivity contribution in [1.29, 1.82) is 0 Å². The molecule has 0 aromatic carbocycles. The fourth-order valence-corrected chi connectivity index (χ4v) is 3.34. The van der Waals surface area contributed by atoms with Crippen LogP contribution in [0.15, 0.2) is 0 Å². The van der Waals surface area contributed by atoms with Gasteiger partial charge >= 0.3 is 0 Å². The van der Waals surface area contributed by atoms with Crippen LogP contribution in [0.1, 0.15) is 77.6 Å². The molecule has 0 saturated carbocycles. The molecule has 1 N–H and O–H groups in total. The highest BCUT2D eigenvalue weighted by atomic mass is 28.4. The molecular weight excluding hydrogens is 224 g/mol. The number of hydrogen-bond donors (Lipinski definition) is 1. The normalized spacial score (nSPS) is 12.0. The highest BCUT2D eigenvalue weighted by molar-refractivity contribution is 6.69. The molecule has 0 fully saturated rings. The second kappa shape index (κ2) is 11.3. The predicted molar refractivity (Wildman–Crippen MR) is 81.0 cm³/mol. The van der Waals surface area contributed by atoms with Gasteiger partial charge in [0, 0.05) is 0 Å². The van der Waals surface area contributed by atoms with E-state index in [-0.39, 0.29) is 0 Å². The van der Waals surface area contributed by atoms with Crippen LogP contribution in [0, 0.1) is 0 Å². The van der Waals surface area contributed by atoms with Crippen molar-refractivity contribution in [2.24, 2.45) is 0 Å². The minimum Gasteiger partial charge on any atom is -0.432 e. The first kappa shape index (κ1) is 17.2. The Labute approximate surface area is 110 Å². The molecule has 0 bridgehead atoms. The van der Waals surface area contributed by atoms with Crippen molar-refractivity contribution < 1.29 is 4.80 Å². The summed E-state index contributed by atoms with van der Waals surface area (Å²) in [4.78, 5) is 9.70. The molecule has 0 spiro atoms. The van der Waals surface area contributed by atoms with E-state index in [0.29, 0.717) is 0 Å². The molecule has 0 rings (SSSR count). The highest BCUT2D eigenvalue weighted by Gasteiger charge is 2.14. The van der Waals surface area contributed by atoms with Crippen molar-refractivity contribution in [1.82, 2.24) is 0 Å². The smallest absolute Gasteiger partial charge is 0.182 e. The van der Waals surface area contributed by atoms with Gasteiger partial charge in [-0.2, -0.15) is 0 Å². The zero-order valence-corrected chi connectivity index (χ0v) is 13.4. The molecular formula is C15H34OSi. The molecule has 0 aromatic heterocycles. The third kappa shape index (κ3) is 16.2. The first-order valence-electron chi connectivity index (χ1n) is 7.78. The van der Waals surface area contributed by atoms with E-state index in [1.165, 1.54) is 70.6 Å². The summed E-state index contributed by atoms with van der Waals surface area (Å²) in [7, 11) is -1.75. The lowest BCUT2D eigenvalue weighted by atomic mass is 10.1. The van der Waals surface area contributed by atoms with E-state index in [4.69, 9.17) is 0 Å². The molecule has 0 aliphatic rings. The fraction of sp³-hybridized carbons (Fsp3) is 1.00. The second-order valence-corrected chi connectivity index (χ2v) is 10.2. The Morgan fingerprint density at radius 2 is 1.00 bits per heavy atom. The first-order chi connectivity index (χ1) is 8.06. The molecule has 0 aliphatic heterocycles. The summed E-state index contributed by atoms with van der Waals surface area (Å²) in [5.74, 6) is 0. The Hall–Kier alpha value is 0.177. The quantitative estimate of drug-likeness (QED) is 0.362. The molecule has 0 radical (unpaired) electrons. The monoisotopic (exact) mass is 258 g/mol. The van der Waals surface area contributed by atoms with Crippen LogP contribution in [0.25, 0.3) is 0 Å². The topological polar surface area (TPSA) is 20.2 Å². The predicted octanol–water partition coefficient (Wildman–Crippen LogP) is 5.49. The maximum absolute atomic E-state index is 9.70. The van der Waals surface area contributed by atoms with Crippen molar-refractivity contribution in [3.8, 4) is 0 Å². The van der Waals surface area contributed by atoms with Gasteiger partial charge in [0.15, 0.2) is 8.32 Å². The Kier molecular flexibility index (Phi) is 11.4. The lowest BCUT2D eigenvalue weighted by Crippen LogP contribution is -2.23. The van der Waals surface area contributed by atoms with Gasteiger partial charge in [0.05, 0.1) is 0 Å². The maximum atomic E-state index is 9.70. The van der Waals surface area contributed by atoms with E-state index in [1.54, 1.807) is 0 Å². The van der Waals surface area contributed by atoms with Crippen LogP contribution in [-0.4, -0.2) is 13.1 Å². The van der Waals surface area contributed by atoms with Gasteiger partial charge in [0.1, 0.15) is 0 Å². The summed E-state index contributed by atoms with van der Waals surface area (Å²) in [5.41, 5.74) is 0. The van der Waals surface area contributed by atoms with Crippen molar-refractivity contribution >= 4 is 8.32 Å². The molecule has 0 aromatic rings. The Bertz CT molecular complexity index is 151. The minimum atomic E-state index is -1.75. The molecule has 0 amide bonds. The molecule has 104 valence electrons. The zero-order valence-electron chi connectivity index (χ0n) is 12.4. The van der Waals surface area contributed by atoms with Crippen LogP contribution >= 0.6 is 0 Å². The number of unbranched alkanes of at least 4 members (excludes halogenated alkanes) is 10. The van der Waals surface area contributed by atoms with E-state index in [0.717, 1.165) is 6.04 Å². The molecule has 2 heteroatoms. The Balaban J connectivity index is 2.99. The zero-order chi connectivity index (χ0) is 13.0. The summed E-state index contributed by atoms with van der Waals surface area (Å²) in [5, 5.41) is 0. The van der Waals surface area contributed by atoms with Crippen LogP contribution in [0.2, 0.25) is 19.1 Å². The van der Waals surface area contributed by atoms with Crippen molar-refractivity contribution in [3.05, 3.63) is 0 Å². The van der Waals surface area contributed by atoms with Gasteiger partial charge in [0.2, 0.25) is 0 Å². The van der Waals surface area contributed by atoms with Crippen LogP contribution < -0.4 is 0 Å². The standard InChI is InChI=1S/C15H34OSi/c1-4-5-6-7-8-9-10-11-12-13-14-15-17(2,3)16/h16H,4-15H2,1-3H3. The maximum Gasteiger partial charge on any atom is 0.182 e. The van der Waals surface area contributed by atoms with Gasteiger partial charge in [-0.25, -0.2) is 0 Å². The Morgan fingerprint density at radius 1 is 0.647 bits per heavy atom. The second-order valence-electron chi connectivity index (χ2n) is 6.10. The van der Waals surface area contributed by atoms with Gasteiger partial charge in [-0.1, -0.05) is 77.6 Å². The molecule has 1 nitrogen and oxygen atoms in total. The molecule has 0 heterocycles. The lowest BCUT2D eigenvalue weighted by molar-refractivity contribution is 0.529. The molecule has 0 saturated heterocycles. The lowest BCUT2D eigenvalue weighted by Gasteiger charge is -2.12. The number of hydrogen-bond acceptors (Lipinski definition) is 1. The third-order valence-corrected chi connectivity index (χ3v) is 4.97. The SMILES string of the molecule is CCCCCCCCCCCCC[Si](C)(C)O. The molecule has 0 unspecified atom stereocenters. The largest absolute Gasteiger partial charge is 0.432 e. The summed E-state index contributed by atoms with van der Waals surface area (Å²) >= 11 is 0. The van der Waals surface area contributed by atoms with E-state index in [1.807, 2.05) is 13.1 Å². The average Bonchev–Trinajstić information content (AvgIpc) is 2.24. The van der Waals surface area contributed by atoms with Crippen LogP contribution in [0.5, 0.6) is 0 Å². The molecule has 0 atom stereocenters. The van der Waals surface area contributed by atoms with Gasteiger partial charge in [-0.05, 0) is 19.1 Å². The summed E-state index contributed by atoms with van der Waals surface area (Å²) in [6, 6.07) is 1.09. The fourth-order valence-electron chi connectivity index (χ4n) is 2.22. The van der Waals surface area contributed by atoms with E-state index < -0.39 is 8.32 Å². The van der Waals surface area contributed by atoms with E-state index in [2.05, 4.69) is 6.92 Å².